The fraction of sp³-hybridized carbons (Fsp3) is 0. The fourth-order valence-electron chi connectivity index (χ4n) is 4.89. The van der Waals surface area contributed by atoms with Crippen molar-refractivity contribution in [2.75, 3.05) is 4.90 Å². The van der Waals surface area contributed by atoms with E-state index in [2.05, 4.69) is 144 Å². The highest BCUT2D eigenvalue weighted by Gasteiger charge is 2.14. The van der Waals surface area contributed by atoms with Crippen LogP contribution in [0.4, 0.5) is 17.1 Å². The van der Waals surface area contributed by atoms with Crippen molar-refractivity contribution < 1.29 is 0 Å². The van der Waals surface area contributed by atoms with Crippen LogP contribution in [0.15, 0.2) is 158 Å². The summed E-state index contributed by atoms with van der Waals surface area (Å²) in [6, 6.07) is 55.1. The molecule has 0 aliphatic rings. The largest absolute Gasteiger partial charge is 0.310 e. The van der Waals surface area contributed by atoms with E-state index in [9.17, 15) is 0 Å². The van der Waals surface area contributed by atoms with Crippen LogP contribution in [0.1, 0.15) is 0 Å². The average Bonchev–Trinajstić information content (AvgIpc) is 3.00. The van der Waals surface area contributed by atoms with Crippen molar-refractivity contribution in [3.05, 3.63) is 163 Å². The third kappa shape index (κ3) is 4.98. The minimum atomic E-state index is 0.722. The lowest BCUT2D eigenvalue weighted by Crippen LogP contribution is -2.09. The first-order chi connectivity index (χ1) is 18.8. The summed E-state index contributed by atoms with van der Waals surface area (Å²) in [5.41, 5.74) is 10.4. The molecule has 0 fully saturated rings. The highest BCUT2D eigenvalue weighted by atomic mass is 35.5. The molecule has 0 atom stereocenters. The predicted octanol–water partition coefficient (Wildman–Crippen LogP) is 10.8. The van der Waals surface area contributed by atoms with Crippen LogP contribution in [-0.2, 0) is 0 Å². The van der Waals surface area contributed by atoms with Gasteiger partial charge in [-0.25, -0.2) is 0 Å². The normalized spacial score (nSPS) is 10.8. The zero-order chi connectivity index (χ0) is 25.7. The highest BCUT2D eigenvalue weighted by Crippen LogP contribution is 2.39. The summed E-state index contributed by atoms with van der Waals surface area (Å²) in [5, 5.41) is 0.722. The van der Waals surface area contributed by atoms with Gasteiger partial charge in [-0.1, -0.05) is 121 Å². The summed E-state index contributed by atoms with van der Waals surface area (Å²) in [5.74, 6) is 0. The minimum absolute atomic E-state index is 0.722. The Kier molecular flexibility index (Phi) is 6.76. The van der Waals surface area contributed by atoms with Gasteiger partial charge >= 0.3 is 0 Å². The van der Waals surface area contributed by atoms with Crippen LogP contribution in [0.3, 0.4) is 0 Å². The van der Waals surface area contributed by atoms with Crippen LogP contribution in [0.25, 0.3) is 33.4 Å². The molecule has 0 spiro atoms. The zero-order valence-corrected chi connectivity index (χ0v) is 21.6. The van der Waals surface area contributed by atoms with Crippen molar-refractivity contribution in [3.8, 4) is 33.4 Å². The number of nitrogens with zero attached hydrogens (tertiary/aromatic N) is 1. The van der Waals surface area contributed by atoms with E-state index in [4.69, 9.17) is 11.6 Å². The van der Waals surface area contributed by atoms with Crippen molar-refractivity contribution >= 4 is 28.7 Å². The van der Waals surface area contributed by atoms with Gasteiger partial charge in [-0.3, -0.25) is 0 Å². The lowest BCUT2D eigenvalue weighted by molar-refractivity contribution is 1.28. The molecule has 0 heterocycles. The van der Waals surface area contributed by atoms with E-state index in [1.54, 1.807) is 0 Å². The van der Waals surface area contributed by atoms with Gasteiger partial charge in [-0.2, -0.15) is 0 Å². The quantitative estimate of drug-likeness (QED) is 0.216. The topological polar surface area (TPSA) is 3.24 Å². The van der Waals surface area contributed by atoms with E-state index >= 15 is 0 Å². The van der Waals surface area contributed by atoms with Crippen molar-refractivity contribution in [2.24, 2.45) is 0 Å². The molecule has 0 radical (unpaired) electrons. The van der Waals surface area contributed by atoms with E-state index in [1.807, 2.05) is 18.2 Å². The van der Waals surface area contributed by atoms with E-state index in [-0.39, 0.29) is 0 Å². The van der Waals surface area contributed by atoms with Crippen molar-refractivity contribution in [3.63, 3.8) is 0 Å². The zero-order valence-electron chi connectivity index (χ0n) is 20.8. The Morgan fingerprint density at radius 3 is 1.42 bits per heavy atom. The molecule has 182 valence electrons. The Morgan fingerprint density at radius 1 is 0.342 bits per heavy atom. The Hall–Kier alpha value is -4.59. The summed E-state index contributed by atoms with van der Waals surface area (Å²) < 4.78 is 0. The number of anilines is 3. The molecular weight excluding hydrogens is 482 g/mol. The standard InChI is InChI=1S/C36H26ClN/c37-31-20-24-33(25-21-31)38(34-15-9-14-30(26-34)27-10-3-1-4-11-27)32-22-18-29(19-23-32)36-17-8-7-16-35(36)28-12-5-2-6-13-28/h1-26H. The first-order valence-electron chi connectivity index (χ1n) is 12.7. The maximum atomic E-state index is 6.25. The van der Waals surface area contributed by atoms with Crippen LogP contribution in [0, 0.1) is 0 Å². The smallest absolute Gasteiger partial charge is 0.0467 e. The second-order valence-electron chi connectivity index (χ2n) is 9.19. The van der Waals surface area contributed by atoms with E-state index in [1.165, 1.54) is 33.4 Å². The number of halogens is 1. The van der Waals surface area contributed by atoms with Gasteiger partial charge in [0.05, 0.1) is 0 Å². The number of benzene rings is 6. The molecule has 0 aliphatic carbocycles. The Bertz CT molecular complexity index is 1640. The number of hydrogen-bond acceptors (Lipinski definition) is 1. The molecule has 1 nitrogen and oxygen atoms in total. The average molecular weight is 508 g/mol. The SMILES string of the molecule is Clc1ccc(N(c2ccc(-c3ccccc3-c3ccccc3)cc2)c2cccc(-c3ccccc3)c2)cc1. The molecule has 0 saturated heterocycles. The van der Waals surface area contributed by atoms with Crippen LogP contribution in [0.2, 0.25) is 5.02 Å². The second-order valence-corrected chi connectivity index (χ2v) is 9.62. The third-order valence-electron chi connectivity index (χ3n) is 6.74. The molecule has 0 aromatic heterocycles. The molecule has 6 rings (SSSR count). The Labute approximate surface area is 229 Å². The van der Waals surface area contributed by atoms with Gasteiger partial charge < -0.3 is 4.90 Å². The highest BCUT2D eigenvalue weighted by molar-refractivity contribution is 6.30. The lowest BCUT2D eigenvalue weighted by atomic mass is 9.94. The molecule has 38 heavy (non-hydrogen) atoms. The molecular formula is C36H26ClN. The monoisotopic (exact) mass is 507 g/mol. The fourth-order valence-corrected chi connectivity index (χ4v) is 5.01. The minimum Gasteiger partial charge on any atom is -0.310 e. The van der Waals surface area contributed by atoms with Gasteiger partial charge in [0.25, 0.3) is 0 Å². The van der Waals surface area contributed by atoms with Gasteiger partial charge in [0, 0.05) is 22.1 Å². The van der Waals surface area contributed by atoms with Gasteiger partial charge in [0.15, 0.2) is 0 Å². The molecule has 0 aliphatic heterocycles. The van der Waals surface area contributed by atoms with Gasteiger partial charge in [0.1, 0.15) is 0 Å². The molecule has 2 heteroatoms. The summed E-state index contributed by atoms with van der Waals surface area (Å²) >= 11 is 6.25. The van der Waals surface area contributed by atoms with Gasteiger partial charge in [-0.15, -0.1) is 0 Å². The Morgan fingerprint density at radius 2 is 0.816 bits per heavy atom. The van der Waals surface area contributed by atoms with Crippen LogP contribution < -0.4 is 4.90 Å². The van der Waals surface area contributed by atoms with Gasteiger partial charge in [0.2, 0.25) is 0 Å². The molecule has 0 bridgehead atoms. The lowest BCUT2D eigenvalue weighted by Gasteiger charge is -2.26. The molecule has 6 aromatic rings. The summed E-state index contributed by atoms with van der Waals surface area (Å²) in [6.45, 7) is 0. The summed E-state index contributed by atoms with van der Waals surface area (Å²) in [7, 11) is 0. The molecule has 0 amide bonds. The maximum Gasteiger partial charge on any atom is 0.0467 e. The summed E-state index contributed by atoms with van der Waals surface area (Å²) in [4.78, 5) is 2.27. The molecule has 0 unspecified atom stereocenters. The van der Waals surface area contributed by atoms with Crippen molar-refractivity contribution in [2.45, 2.75) is 0 Å². The second kappa shape index (κ2) is 10.8. The third-order valence-corrected chi connectivity index (χ3v) is 7.00. The maximum absolute atomic E-state index is 6.25. The van der Waals surface area contributed by atoms with Crippen LogP contribution in [0.5, 0.6) is 0 Å². The van der Waals surface area contributed by atoms with E-state index in [0.29, 0.717) is 0 Å². The van der Waals surface area contributed by atoms with Gasteiger partial charge in [-0.05, 0) is 81.9 Å². The van der Waals surface area contributed by atoms with E-state index < -0.39 is 0 Å². The summed E-state index contributed by atoms with van der Waals surface area (Å²) in [6.07, 6.45) is 0. The first kappa shape index (κ1) is 23.8. The predicted molar refractivity (Wildman–Crippen MR) is 162 cm³/mol. The Balaban J connectivity index is 1.42. The molecule has 0 saturated carbocycles. The van der Waals surface area contributed by atoms with Crippen LogP contribution >= 0.6 is 11.6 Å². The van der Waals surface area contributed by atoms with Crippen molar-refractivity contribution in [1.82, 2.24) is 0 Å². The first-order valence-corrected chi connectivity index (χ1v) is 13.1. The van der Waals surface area contributed by atoms with Crippen molar-refractivity contribution in [1.29, 1.82) is 0 Å². The molecule has 6 aromatic carbocycles. The molecule has 0 N–H and O–H groups in total. The number of hydrogen-bond donors (Lipinski definition) is 0. The van der Waals surface area contributed by atoms with Crippen LogP contribution in [-0.4, -0.2) is 0 Å². The van der Waals surface area contributed by atoms with E-state index in [0.717, 1.165) is 22.1 Å². The number of rotatable bonds is 6.